The van der Waals surface area contributed by atoms with Crippen molar-refractivity contribution in [3.8, 4) is 17.2 Å². The summed E-state index contributed by atoms with van der Waals surface area (Å²) in [7, 11) is 1.54. The van der Waals surface area contributed by atoms with E-state index in [0.29, 0.717) is 34.3 Å². The average Bonchev–Trinajstić information content (AvgIpc) is 2.86. The van der Waals surface area contributed by atoms with Crippen LogP contribution in [0.25, 0.3) is 0 Å². The number of nitrogens with zero attached hydrogens (tertiary/aromatic N) is 1. The minimum absolute atomic E-state index is 0.218. The summed E-state index contributed by atoms with van der Waals surface area (Å²) in [6.07, 6.45) is 0. The highest BCUT2D eigenvalue weighted by molar-refractivity contribution is 6.34. The molecule has 1 aliphatic heterocycles. The van der Waals surface area contributed by atoms with E-state index in [1.54, 1.807) is 12.1 Å². The molecule has 0 fully saturated rings. The van der Waals surface area contributed by atoms with Crippen molar-refractivity contribution < 1.29 is 14.3 Å². The van der Waals surface area contributed by atoms with E-state index < -0.39 is 0 Å². The van der Waals surface area contributed by atoms with Gasteiger partial charge >= 0.3 is 0 Å². The third-order valence-corrected chi connectivity index (χ3v) is 6.09. The summed E-state index contributed by atoms with van der Waals surface area (Å²) in [6.45, 7) is 7.42. The average molecular weight is 481 g/mol. The predicted molar refractivity (Wildman–Crippen MR) is 138 cm³/mol. The van der Waals surface area contributed by atoms with Gasteiger partial charge in [0.05, 0.1) is 34.8 Å². The Kier molecular flexibility index (Phi) is 7.45. The first-order valence-electron chi connectivity index (χ1n) is 11.4. The molecule has 0 bridgehead atoms. The van der Waals surface area contributed by atoms with Crippen molar-refractivity contribution in [3.63, 3.8) is 0 Å². The van der Waals surface area contributed by atoms with Crippen LogP contribution in [0.4, 0.5) is 22.7 Å². The maximum absolute atomic E-state index is 12.8. The van der Waals surface area contributed by atoms with Crippen molar-refractivity contribution >= 4 is 40.3 Å². The molecule has 0 saturated heterocycles. The van der Waals surface area contributed by atoms with Gasteiger partial charge in [-0.15, -0.1) is 0 Å². The van der Waals surface area contributed by atoms with Crippen LogP contribution in [-0.2, 0) is 0 Å². The number of halogens is 1. The van der Waals surface area contributed by atoms with Crippen molar-refractivity contribution in [2.75, 3.05) is 43.9 Å². The van der Waals surface area contributed by atoms with Crippen LogP contribution in [0.2, 0.25) is 5.02 Å². The number of amides is 1. The second-order valence-electron chi connectivity index (χ2n) is 7.87. The van der Waals surface area contributed by atoms with Gasteiger partial charge in [0.1, 0.15) is 5.75 Å². The maximum atomic E-state index is 12.8. The molecule has 4 rings (SSSR count). The second-order valence-corrected chi connectivity index (χ2v) is 8.28. The Morgan fingerprint density at radius 2 is 1.82 bits per heavy atom. The van der Waals surface area contributed by atoms with Gasteiger partial charge in [0, 0.05) is 30.9 Å². The first-order valence-corrected chi connectivity index (χ1v) is 11.7. The largest absolute Gasteiger partial charge is 0.496 e. The number of anilines is 4. The van der Waals surface area contributed by atoms with Gasteiger partial charge in [-0.25, -0.2) is 0 Å². The van der Waals surface area contributed by atoms with Crippen LogP contribution >= 0.6 is 11.6 Å². The molecule has 8 heteroatoms. The van der Waals surface area contributed by atoms with E-state index >= 15 is 0 Å². The molecule has 1 aliphatic rings. The smallest absolute Gasteiger partial charge is 0.255 e. The third-order valence-electron chi connectivity index (χ3n) is 5.78. The number of likely N-dealkylation sites (N-methyl/N-ethyl adjacent to an activating group) is 1. The highest BCUT2D eigenvalue weighted by Gasteiger charge is 2.18. The van der Waals surface area contributed by atoms with Gasteiger partial charge in [-0.1, -0.05) is 37.6 Å². The van der Waals surface area contributed by atoms with E-state index in [4.69, 9.17) is 21.1 Å². The Balaban J connectivity index is 1.49. The summed E-state index contributed by atoms with van der Waals surface area (Å²) < 4.78 is 11.5. The maximum Gasteiger partial charge on any atom is 0.255 e. The molecule has 0 aliphatic carbocycles. The summed E-state index contributed by atoms with van der Waals surface area (Å²) in [6, 6.07) is 16.9. The number of methoxy groups -OCH3 is 1. The lowest BCUT2D eigenvalue weighted by atomic mass is 10.1. The Bertz CT molecular complexity index is 1180. The molecule has 7 nitrogen and oxygen atoms in total. The van der Waals surface area contributed by atoms with Crippen LogP contribution in [0.5, 0.6) is 17.2 Å². The Labute approximate surface area is 205 Å². The molecule has 0 spiro atoms. The minimum Gasteiger partial charge on any atom is -0.496 e. The zero-order valence-electron chi connectivity index (χ0n) is 19.6. The van der Waals surface area contributed by atoms with Gasteiger partial charge < -0.3 is 30.3 Å². The topological polar surface area (TPSA) is 74.9 Å². The molecule has 3 N–H and O–H groups in total. The van der Waals surface area contributed by atoms with E-state index in [9.17, 15) is 4.79 Å². The Morgan fingerprint density at radius 3 is 2.59 bits per heavy atom. The van der Waals surface area contributed by atoms with Crippen molar-refractivity contribution in [2.24, 2.45) is 0 Å². The number of hydrogen-bond donors (Lipinski definition) is 3. The van der Waals surface area contributed by atoms with Gasteiger partial charge in [-0.3, -0.25) is 4.79 Å². The van der Waals surface area contributed by atoms with E-state index in [2.05, 4.69) is 34.7 Å². The SMILES string of the molecule is CCN(CC)CCNC(=O)c1cc(Cl)c(Nc2ccc3c(c2)Oc2ccccc2N3)cc1OC. The molecule has 0 aromatic heterocycles. The van der Waals surface area contributed by atoms with Crippen LogP contribution in [0.1, 0.15) is 24.2 Å². The molecule has 0 saturated carbocycles. The third kappa shape index (κ3) is 5.21. The fourth-order valence-electron chi connectivity index (χ4n) is 3.82. The number of rotatable bonds is 9. The normalized spacial score (nSPS) is 11.7. The quantitative estimate of drug-likeness (QED) is 0.272. The summed E-state index contributed by atoms with van der Waals surface area (Å²) >= 11 is 6.54. The molecule has 34 heavy (non-hydrogen) atoms. The van der Waals surface area contributed by atoms with Gasteiger partial charge in [0.25, 0.3) is 5.91 Å². The van der Waals surface area contributed by atoms with Crippen molar-refractivity contribution in [1.29, 1.82) is 0 Å². The zero-order chi connectivity index (χ0) is 24.1. The molecular formula is C26H29ClN4O3. The molecule has 3 aromatic rings. The Morgan fingerprint density at radius 1 is 1.06 bits per heavy atom. The lowest BCUT2D eigenvalue weighted by Gasteiger charge is -2.22. The van der Waals surface area contributed by atoms with Crippen LogP contribution < -0.4 is 25.4 Å². The van der Waals surface area contributed by atoms with E-state index in [0.717, 1.165) is 42.4 Å². The number of para-hydroxylation sites is 2. The minimum atomic E-state index is -0.218. The lowest BCUT2D eigenvalue weighted by molar-refractivity contribution is 0.0946. The lowest BCUT2D eigenvalue weighted by Crippen LogP contribution is -2.34. The highest BCUT2D eigenvalue weighted by atomic mass is 35.5. The fourth-order valence-corrected chi connectivity index (χ4v) is 4.03. The van der Waals surface area contributed by atoms with Gasteiger partial charge in [-0.05, 0) is 43.4 Å². The molecule has 0 radical (unpaired) electrons. The molecule has 1 heterocycles. The number of fused-ring (bicyclic) bond motifs is 2. The van der Waals surface area contributed by atoms with Crippen LogP contribution in [-0.4, -0.2) is 44.1 Å². The summed E-state index contributed by atoms with van der Waals surface area (Å²) in [5.74, 6) is 1.70. The van der Waals surface area contributed by atoms with Crippen molar-refractivity contribution in [1.82, 2.24) is 10.2 Å². The number of carbonyl (C=O) groups is 1. The van der Waals surface area contributed by atoms with E-state index in [1.165, 1.54) is 7.11 Å². The van der Waals surface area contributed by atoms with Gasteiger partial charge in [0.15, 0.2) is 11.5 Å². The highest BCUT2D eigenvalue weighted by Crippen LogP contribution is 2.43. The number of carbonyl (C=O) groups excluding carboxylic acids is 1. The first-order chi connectivity index (χ1) is 16.5. The molecule has 3 aromatic carbocycles. The second kappa shape index (κ2) is 10.7. The molecule has 178 valence electrons. The van der Waals surface area contributed by atoms with Gasteiger partial charge in [-0.2, -0.15) is 0 Å². The van der Waals surface area contributed by atoms with Crippen molar-refractivity contribution in [2.45, 2.75) is 13.8 Å². The number of hydrogen-bond acceptors (Lipinski definition) is 6. The van der Waals surface area contributed by atoms with Gasteiger partial charge in [0.2, 0.25) is 0 Å². The summed E-state index contributed by atoms with van der Waals surface area (Å²) in [5, 5.41) is 10.0. The zero-order valence-corrected chi connectivity index (χ0v) is 20.3. The number of benzene rings is 3. The monoisotopic (exact) mass is 480 g/mol. The first kappa shape index (κ1) is 23.7. The number of ether oxygens (including phenoxy) is 2. The summed E-state index contributed by atoms with van der Waals surface area (Å²) in [4.78, 5) is 15.0. The van der Waals surface area contributed by atoms with Crippen LogP contribution in [0, 0.1) is 0 Å². The van der Waals surface area contributed by atoms with E-state index in [1.807, 2.05) is 42.5 Å². The summed E-state index contributed by atoms with van der Waals surface area (Å²) in [5.41, 5.74) is 3.62. The predicted octanol–water partition coefficient (Wildman–Crippen LogP) is 6.01. The standard InChI is InChI=1S/C26H29ClN4O3/c1-4-31(5-2)13-12-28-26(32)18-15-19(27)22(16-24(18)33-3)29-17-10-11-21-25(14-17)34-23-9-7-6-8-20(23)30-21/h6-11,14-16,29-30H,4-5,12-13H2,1-3H3,(H,28,32). The van der Waals surface area contributed by atoms with E-state index in [-0.39, 0.29) is 5.91 Å². The number of nitrogens with one attached hydrogen (secondary N) is 3. The van der Waals surface area contributed by atoms with Crippen LogP contribution in [0.3, 0.4) is 0 Å². The molecule has 1 amide bonds. The molecular weight excluding hydrogens is 452 g/mol. The van der Waals surface area contributed by atoms with Crippen LogP contribution in [0.15, 0.2) is 54.6 Å². The molecule has 0 atom stereocenters. The Hall–Kier alpha value is -3.42. The molecule has 0 unspecified atom stereocenters. The van der Waals surface area contributed by atoms with Crippen molar-refractivity contribution in [3.05, 3.63) is 65.2 Å². The fraction of sp³-hybridized carbons (Fsp3) is 0.269.